The summed E-state index contributed by atoms with van der Waals surface area (Å²) >= 11 is 5.99. The van der Waals surface area contributed by atoms with Gasteiger partial charge in [0.2, 0.25) is 0 Å². The summed E-state index contributed by atoms with van der Waals surface area (Å²) in [5.41, 5.74) is 5.24. The second-order valence-corrected chi connectivity index (χ2v) is 6.19. The molecule has 9 heteroatoms. The maximum Gasteiger partial charge on any atom is 0.335 e. The van der Waals surface area contributed by atoms with Crippen LogP contribution in [-0.2, 0) is 4.79 Å². The smallest absolute Gasteiger partial charge is 0.335 e. The van der Waals surface area contributed by atoms with Crippen molar-refractivity contribution in [1.29, 1.82) is 0 Å². The standard InChI is InChI=1S/C17H18ClN3O5/c1-9(2)14(19-15(22)13-4-3-7-26-13)16(23)21-20-12-8-10(17(24)25)5-6-11(12)18/h3-9,14,20H,1-2H3,(H,19,22)(H,21,23)(H,24,25). The summed E-state index contributed by atoms with van der Waals surface area (Å²) in [4.78, 5) is 35.5. The van der Waals surface area contributed by atoms with Crippen LogP contribution in [0.15, 0.2) is 41.0 Å². The van der Waals surface area contributed by atoms with E-state index in [0.717, 1.165) is 0 Å². The number of carbonyl (C=O) groups excluding carboxylic acids is 2. The number of amides is 2. The van der Waals surface area contributed by atoms with Crippen molar-refractivity contribution in [3.05, 3.63) is 52.9 Å². The normalized spacial score (nSPS) is 11.7. The molecule has 2 aromatic rings. The van der Waals surface area contributed by atoms with Gasteiger partial charge in [-0.2, -0.15) is 0 Å². The number of rotatable bonds is 7. The van der Waals surface area contributed by atoms with E-state index in [2.05, 4.69) is 16.2 Å². The molecule has 2 amide bonds. The first-order chi connectivity index (χ1) is 12.3. The molecule has 2 rings (SSSR count). The number of hydrogen-bond donors (Lipinski definition) is 4. The zero-order valence-electron chi connectivity index (χ0n) is 14.1. The number of halogens is 1. The van der Waals surface area contributed by atoms with Crippen LogP contribution in [0.25, 0.3) is 0 Å². The second-order valence-electron chi connectivity index (χ2n) is 5.79. The van der Waals surface area contributed by atoms with Gasteiger partial charge in [0.1, 0.15) is 6.04 Å². The summed E-state index contributed by atoms with van der Waals surface area (Å²) in [6.45, 7) is 3.54. The predicted octanol–water partition coefficient (Wildman–Crippen LogP) is 2.53. The van der Waals surface area contributed by atoms with Crippen molar-refractivity contribution >= 4 is 35.1 Å². The zero-order valence-corrected chi connectivity index (χ0v) is 14.8. The molecule has 0 aliphatic carbocycles. The lowest BCUT2D eigenvalue weighted by Crippen LogP contribution is -2.51. The van der Waals surface area contributed by atoms with E-state index >= 15 is 0 Å². The molecule has 1 aromatic carbocycles. The Labute approximate surface area is 154 Å². The van der Waals surface area contributed by atoms with E-state index in [0.29, 0.717) is 0 Å². The van der Waals surface area contributed by atoms with Crippen molar-refractivity contribution in [1.82, 2.24) is 10.7 Å². The van der Waals surface area contributed by atoms with Crippen LogP contribution in [0.2, 0.25) is 5.02 Å². The molecule has 0 fully saturated rings. The Morgan fingerprint density at radius 2 is 1.92 bits per heavy atom. The van der Waals surface area contributed by atoms with Gasteiger partial charge in [-0.1, -0.05) is 25.4 Å². The lowest BCUT2D eigenvalue weighted by molar-refractivity contribution is -0.123. The van der Waals surface area contributed by atoms with Gasteiger partial charge >= 0.3 is 5.97 Å². The van der Waals surface area contributed by atoms with Crippen LogP contribution < -0.4 is 16.2 Å². The summed E-state index contributed by atoms with van der Waals surface area (Å²) in [6, 6.07) is 6.24. The highest BCUT2D eigenvalue weighted by atomic mass is 35.5. The number of anilines is 1. The highest BCUT2D eigenvalue weighted by Crippen LogP contribution is 2.22. The highest BCUT2D eigenvalue weighted by Gasteiger charge is 2.25. The molecule has 0 saturated carbocycles. The molecular weight excluding hydrogens is 362 g/mol. The van der Waals surface area contributed by atoms with Crippen LogP contribution in [0.4, 0.5) is 5.69 Å². The molecule has 0 aliphatic rings. The third-order valence-corrected chi connectivity index (χ3v) is 3.84. The zero-order chi connectivity index (χ0) is 19.3. The molecule has 1 heterocycles. The van der Waals surface area contributed by atoms with Gasteiger partial charge in [-0.15, -0.1) is 0 Å². The number of benzene rings is 1. The Bertz CT molecular complexity index is 805. The van der Waals surface area contributed by atoms with E-state index in [-0.39, 0.29) is 28.0 Å². The summed E-state index contributed by atoms with van der Waals surface area (Å²) < 4.78 is 5.00. The Kier molecular flexibility index (Phi) is 6.24. The van der Waals surface area contributed by atoms with Gasteiger partial charge in [0.15, 0.2) is 5.76 Å². The monoisotopic (exact) mass is 379 g/mol. The fourth-order valence-electron chi connectivity index (χ4n) is 2.12. The molecule has 8 nitrogen and oxygen atoms in total. The molecule has 138 valence electrons. The number of furan rings is 1. The van der Waals surface area contributed by atoms with E-state index in [4.69, 9.17) is 21.1 Å². The van der Waals surface area contributed by atoms with Crippen molar-refractivity contribution in [2.75, 3.05) is 5.43 Å². The van der Waals surface area contributed by atoms with E-state index in [1.165, 1.54) is 30.5 Å². The van der Waals surface area contributed by atoms with E-state index < -0.39 is 23.8 Å². The number of aromatic carboxylic acids is 1. The molecule has 26 heavy (non-hydrogen) atoms. The number of hydrazine groups is 1. The van der Waals surface area contributed by atoms with Crippen LogP contribution in [0.1, 0.15) is 34.8 Å². The minimum absolute atomic E-state index is 0.0117. The third-order valence-electron chi connectivity index (χ3n) is 3.51. The molecule has 0 saturated heterocycles. The van der Waals surface area contributed by atoms with Gasteiger partial charge in [0.25, 0.3) is 11.8 Å². The first-order valence-corrected chi connectivity index (χ1v) is 8.10. The SMILES string of the molecule is CC(C)C(NC(=O)c1ccco1)C(=O)NNc1cc(C(=O)O)ccc1Cl. The number of hydrogen-bond acceptors (Lipinski definition) is 5. The quantitative estimate of drug-likeness (QED) is 0.548. The van der Waals surface area contributed by atoms with E-state index in [1.54, 1.807) is 19.9 Å². The van der Waals surface area contributed by atoms with Crippen molar-refractivity contribution in [3.8, 4) is 0 Å². The van der Waals surface area contributed by atoms with Crippen molar-refractivity contribution in [2.24, 2.45) is 5.92 Å². The van der Waals surface area contributed by atoms with Crippen LogP contribution in [0, 0.1) is 5.92 Å². The van der Waals surface area contributed by atoms with E-state index in [9.17, 15) is 14.4 Å². The van der Waals surface area contributed by atoms with Crippen LogP contribution in [0.5, 0.6) is 0 Å². The second kappa shape index (κ2) is 8.39. The minimum atomic E-state index is -1.12. The molecule has 1 atom stereocenters. The molecule has 0 aliphatic heterocycles. The van der Waals surface area contributed by atoms with Gasteiger partial charge < -0.3 is 14.8 Å². The van der Waals surface area contributed by atoms with Gasteiger partial charge in [-0.05, 0) is 36.2 Å². The van der Waals surface area contributed by atoms with Crippen molar-refractivity contribution in [2.45, 2.75) is 19.9 Å². The maximum atomic E-state index is 12.4. The van der Waals surface area contributed by atoms with E-state index in [1.807, 2.05) is 0 Å². The molecule has 1 aromatic heterocycles. The Hall–Kier alpha value is -3.00. The largest absolute Gasteiger partial charge is 0.478 e. The first-order valence-electron chi connectivity index (χ1n) is 7.72. The first kappa shape index (κ1) is 19.3. The maximum absolute atomic E-state index is 12.4. The predicted molar refractivity (Wildman–Crippen MR) is 95.0 cm³/mol. The van der Waals surface area contributed by atoms with Gasteiger partial charge in [-0.25, -0.2) is 4.79 Å². The van der Waals surface area contributed by atoms with Crippen molar-refractivity contribution in [3.63, 3.8) is 0 Å². The molecule has 0 bridgehead atoms. The number of nitrogens with one attached hydrogen (secondary N) is 3. The lowest BCUT2D eigenvalue weighted by atomic mass is 10.0. The Morgan fingerprint density at radius 3 is 2.50 bits per heavy atom. The average Bonchev–Trinajstić information content (AvgIpc) is 3.12. The fourth-order valence-corrected chi connectivity index (χ4v) is 2.28. The summed E-state index contributed by atoms with van der Waals surface area (Å²) in [7, 11) is 0. The number of carboxylic acid groups (broad SMARTS) is 1. The molecular formula is C17H18ClN3O5. The Balaban J connectivity index is 2.05. The van der Waals surface area contributed by atoms with Gasteiger partial charge in [0, 0.05) is 0 Å². The average molecular weight is 380 g/mol. The van der Waals surface area contributed by atoms with Gasteiger partial charge in [0.05, 0.1) is 22.5 Å². The number of carbonyl (C=O) groups is 3. The van der Waals surface area contributed by atoms with Crippen LogP contribution >= 0.6 is 11.6 Å². The third kappa shape index (κ3) is 4.76. The van der Waals surface area contributed by atoms with Crippen LogP contribution in [-0.4, -0.2) is 28.9 Å². The lowest BCUT2D eigenvalue weighted by Gasteiger charge is -2.22. The molecule has 4 N–H and O–H groups in total. The Morgan fingerprint density at radius 1 is 1.19 bits per heavy atom. The van der Waals surface area contributed by atoms with Crippen molar-refractivity contribution < 1.29 is 23.9 Å². The van der Waals surface area contributed by atoms with Crippen LogP contribution in [0.3, 0.4) is 0 Å². The summed E-state index contributed by atoms with van der Waals surface area (Å²) in [5, 5.41) is 11.8. The summed E-state index contributed by atoms with van der Waals surface area (Å²) in [5.74, 6) is -2.28. The molecule has 0 radical (unpaired) electrons. The number of carboxylic acids is 1. The minimum Gasteiger partial charge on any atom is -0.478 e. The molecule has 1 unspecified atom stereocenters. The topological polar surface area (TPSA) is 121 Å². The van der Waals surface area contributed by atoms with Gasteiger partial charge in [-0.3, -0.25) is 20.4 Å². The molecule has 0 spiro atoms. The summed E-state index contributed by atoms with van der Waals surface area (Å²) in [6.07, 6.45) is 1.36. The fraction of sp³-hybridized carbons (Fsp3) is 0.235. The highest BCUT2D eigenvalue weighted by molar-refractivity contribution is 6.33.